The number of likely N-dealkylation sites (tertiary alicyclic amines) is 1. The third kappa shape index (κ3) is 3.66. The molecule has 3 heterocycles. The summed E-state index contributed by atoms with van der Waals surface area (Å²) < 4.78 is 7.18. The molecule has 3 rings (SSSR count). The summed E-state index contributed by atoms with van der Waals surface area (Å²) in [7, 11) is 0. The van der Waals surface area contributed by atoms with Crippen molar-refractivity contribution in [1.29, 1.82) is 0 Å². The summed E-state index contributed by atoms with van der Waals surface area (Å²) in [6, 6.07) is 1.99. The van der Waals surface area contributed by atoms with E-state index in [1.165, 1.54) is 0 Å². The van der Waals surface area contributed by atoms with Crippen LogP contribution >= 0.6 is 0 Å². The lowest BCUT2D eigenvalue weighted by Gasteiger charge is -2.31. The maximum atomic E-state index is 12.6. The van der Waals surface area contributed by atoms with Crippen molar-refractivity contribution in [3.05, 3.63) is 29.2 Å². The second-order valence-corrected chi connectivity index (χ2v) is 6.56. The van der Waals surface area contributed by atoms with Gasteiger partial charge in [-0.05, 0) is 39.2 Å². The summed E-state index contributed by atoms with van der Waals surface area (Å²) in [4.78, 5) is 19.0. The first-order valence-corrected chi connectivity index (χ1v) is 8.68. The number of amides is 1. The number of piperidine rings is 1. The van der Waals surface area contributed by atoms with Gasteiger partial charge in [0, 0.05) is 25.2 Å². The lowest BCUT2D eigenvalue weighted by Crippen LogP contribution is -2.41. The van der Waals surface area contributed by atoms with Crippen LogP contribution < -0.4 is 0 Å². The van der Waals surface area contributed by atoms with Gasteiger partial charge in [-0.2, -0.15) is 10.1 Å². The lowest BCUT2D eigenvalue weighted by atomic mass is 9.98. The average Bonchev–Trinajstić information content (AvgIpc) is 3.15. The Morgan fingerprint density at radius 2 is 2.25 bits per heavy atom. The van der Waals surface area contributed by atoms with Gasteiger partial charge in [-0.25, -0.2) is 0 Å². The monoisotopic (exact) mass is 331 g/mol. The zero-order valence-corrected chi connectivity index (χ0v) is 14.7. The normalized spacial score (nSPS) is 18.1. The first-order valence-electron chi connectivity index (χ1n) is 8.68. The Morgan fingerprint density at radius 1 is 1.42 bits per heavy atom. The molecule has 130 valence electrons. The van der Waals surface area contributed by atoms with Gasteiger partial charge >= 0.3 is 0 Å². The second-order valence-electron chi connectivity index (χ2n) is 6.56. The Kier molecular flexibility index (Phi) is 4.97. The van der Waals surface area contributed by atoms with Crippen LogP contribution in [0.3, 0.4) is 0 Å². The predicted molar refractivity (Wildman–Crippen MR) is 88.5 cm³/mol. The van der Waals surface area contributed by atoms with E-state index in [9.17, 15) is 4.79 Å². The minimum Gasteiger partial charge on any atom is -0.340 e. The molecular weight excluding hydrogens is 306 g/mol. The molecule has 1 amide bonds. The smallest absolute Gasteiger partial charge is 0.244 e. The van der Waals surface area contributed by atoms with Crippen LogP contribution in [0.2, 0.25) is 0 Å². The number of nitrogens with zero attached hydrogens (tertiary/aromatic N) is 5. The largest absolute Gasteiger partial charge is 0.340 e. The van der Waals surface area contributed by atoms with Crippen LogP contribution in [-0.4, -0.2) is 43.8 Å². The number of hydrogen-bond donors (Lipinski definition) is 0. The molecule has 0 unspecified atom stereocenters. The molecule has 0 aromatic carbocycles. The second kappa shape index (κ2) is 7.15. The van der Waals surface area contributed by atoms with Gasteiger partial charge in [-0.1, -0.05) is 12.1 Å². The Hall–Kier alpha value is -2.18. The van der Waals surface area contributed by atoms with Crippen LogP contribution in [-0.2, 0) is 17.8 Å². The zero-order valence-electron chi connectivity index (χ0n) is 14.7. The molecule has 7 heteroatoms. The number of aryl methyl sites for hydroxylation is 3. The van der Waals surface area contributed by atoms with Crippen LogP contribution in [0.15, 0.2) is 10.6 Å². The van der Waals surface area contributed by atoms with E-state index >= 15 is 0 Å². The summed E-state index contributed by atoms with van der Waals surface area (Å²) in [5.41, 5.74) is 1.95. The Bertz CT molecular complexity index is 706. The molecule has 1 atom stereocenters. The topological polar surface area (TPSA) is 77.0 Å². The molecule has 2 aromatic heterocycles. The molecule has 0 aliphatic carbocycles. The van der Waals surface area contributed by atoms with Gasteiger partial charge < -0.3 is 9.42 Å². The van der Waals surface area contributed by atoms with Gasteiger partial charge in [0.2, 0.25) is 11.8 Å². The van der Waals surface area contributed by atoms with Gasteiger partial charge in [0.15, 0.2) is 5.82 Å². The van der Waals surface area contributed by atoms with E-state index in [4.69, 9.17) is 4.52 Å². The molecule has 0 spiro atoms. The highest BCUT2D eigenvalue weighted by Gasteiger charge is 2.28. The maximum absolute atomic E-state index is 12.6. The van der Waals surface area contributed by atoms with E-state index in [0.29, 0.717) is 12.4 Å². The fourth-order valence-corrected chi connectivity index (χ4v) is 3.23. The molecule has 1 aliphatic rings. The zero-order chi connectivity index (χ0) is 17.1. The van der Waals surface area contributed by atoms with Crippen LogP contribution in [0.25, 0.3) is 0 Å². The van der Waals surface area contributed by atoms with E-state index in [1.54, 1.807) is 4.68 Å². The molecule has 1 fully saturated rings. The molecule has 0 saturated carbocycles. The van der Waals surface area contributed by atoms with Crippen molar-refractivity contribution < 1.29 is 9.32 Å². The third-order valence-corrected chi connectivity index (χ3v) is 4.47. The van der Waals surface area contributed by atoms with Crippen molar-refractivity contribution in [2.75, 3.05) is 13.1 Å². The van der Waals surface area contributed by atoms with Crippen molar-refractivity contribution in [2.24, 2.45) is 0 Å². The maximum Gasteiger partial charge on any atom is 0.244 e. The van der Waals surface area contributed by atoms with Crippen molar-refractivity contribution in [1.82, 2.24) is 24.8 Å². The summed E-state index contributed by atoms with van der Waals surface area (Å²) >= 11 is 0. The summed E-state index contributed by atoms with van der Waals surface area (Å²) in [6.45, 7) is 7.72. The minimum atomic E-state index is 0.0965. The van der Waals surface area contributed by atoms with E-state index in [1.807, 2.05) is 24.8 Å². The molecule has 1 saturated heterocycles. The van der Waals surface area contributed by atoms with Gasteiger partial charge in [0.05, 0.1) is 11.6 Å². The SMILES string of the molecule is CCCc1noc([C@@H]2CCCN(C(=O)Cn3nc(C)cc3C)C2)n1. The number of rotatable bonds is 5. The van der Waals surface area contributed by atoms with Crippen LogP contribution in [0, 0.1) is 13.8 Å². The molecular formula is C17H25N5O2. The number of carbonyl (C=O) groups excluding carboxylic acids is 1. The molecule has 7 nitrogen and oxygen atoms in total. The highest BCUT2D eigenvalue weighted by Crippen LogP contribution is 2.26. The first kappa shape index (κ1) is 16.7. The van der Waals surface area contributed by atoms with Crippen LogP contribution in [0.4, 0.5) is 0 Å². The van der Waals surface area contributed by atoms with Gasteiger partial charge in [0.1, 0.15) is 6.54 Å². The number of carbonyl (C=O) groups is 1. The van der Waals surface area contributed by atoms with Gasteiger partial charge in [0.25, 0.3) is 0 Å². The summed E-state index contributed by atoms with van der Waals surface area (Å²) in [6.07, 6.45) is 3.77. The minimum absolute atomic E-state index is 0.0965. The van der Waals surface area contributed by atoms with Gasteiger partial charge in [-0.15, -0.1) is 0 Å². The highest BCUT2D eigenvalue weighted by molar-refractivity contribution is 5.76. The van der Waals surface area contributed by atoms with E-state index in [2.05, 4.69) is 22.2 Å². The fourth-order valence-electron chi connectivity index (χ4n) is 3.23. The van der Waals surface area contributed by atoms with Crippen molar-refractivity contribution in [3.8, 4) is 0 Å². The van der Waals surface area contributed by atoms with Gasteiger partial charge in [-0.3, -0.25) is 9.48 Å². The average molecular weight is 331 g/mol. The fraction of sp³-hybridized carbons (Fsp3) is 0.647. The number of hydrogen-bond acceptors (Lipinski definition) is 5. The quantitative estimate of drug-likeness (QED) is 0.840. The standard InChI is InChI=1S/C17H25N5O2/c1-4-6-15-18-17(24-20-15)14-7-5-8-21(10-14)16(23)11-22-13(3)9-12(2)19-22/h9,14H,4-8,10-11H2,1-3H3/t14-/m1/s1. The summed E-state index contributed by atoms with van der Waals surface area (Å²) in [5, 5.41) is 8.40. The Morgan fingerprint density at radius 3 is 2.96 bits per heavy atom. The molecule has 1 aliphatic heterocycles. The van der Waals surface area contributed by atoms with Crippen LogP contribution in [0.1, 0.15) is 55.2 Å². The lowest BCUT2D eigenvalue weighted by molar-refractivity contribution is -0.133. The van der Waals surface area contributed by atoms with Crippen molar-refractivity contribution in [3.63, 3.8) is 0 Å². The van der Waals surface area contributed by atoms with Crippen LogP contribution in [0.5, 0.6) is 0 Å². The first-order chi connectivity index (χ1) is 11.6. The van der Waals surface area contributed by atoms with E-state index in [-0.39, 0.29) is 18.4 Å². The van der Waals surface area contributed by atoms with Crippen molar-refractivity contribution >= 4 is 5.91 Å². The third-order valence-electron chi connectivity index (χ3n) is 4.47. The van der Waals surface area contributed by atoms with E-state index < -0.39 is 0 Å². The Labute approximate surface area is 142 Å². The van der Waals surface area contributed by atoms with E-state index in [0.717, 1.165) is 49.4 Å². The van der Waals surface area contributed by atoms with Crippen molar-refractivity contribution in [2.45, 2.75) is 58.9 Å². The molecule has 2 aromatic rings. The predicted octanol–water partition coefficient (Wildman–Crippen LogP) is 2.24. The molecule has 24 heavy (non-hydrogen) atoms. The highest BCUT2D eigenvalue weighted by atomic mass is 16.5. The molecule has 0 bridgehead atoms. The molecule has 0 radical (unpaired) electrons. The summed E-state index contributed by atoms with van der Waals surface area (Å²) in [5.74, 6) is 1.67. The number of aromatic nitrogens is 4. The Balaban J connectivity index is 1.64. The molecule has 0 N–H and O–H groups in total.